The highest BCUT2D eigenvalue weighted by atomic mass is 35.5. The fourth-order valence-electron chi connectivity index (χ4n) is 2.20. The zero-order valence-corrected chi connectivity index (χ0v) is 12.2. The van der Waals surface area contributed by atoms with Crippen molar-refractivity contribution in [3.63, 3.8) is 0 Å². The van der Waals surface area contributed by atoms with E-state index in [1.54, 1.807) is 22.8 Å². The summed E-state index contributed by atoms with van der Waals surface area (Å²) in [6.07, 6.45) is 0. The van der Waals surface area contributed by atoms with Gasteiger partial charge in [0.05, 0.1) is 17.4 Å². The molecule has 3 rings (SSSR count). The van der Waals surface area contributed by atoms with Gasteiger partial charge < -0.3 is 4.57 Å². The summed E-state index contributed by atoms with van der Waals surface area (Å²) < 4.78 is 29.1. The van der Waals surface area contributed by atoms with E-state index in [1.165, 1.54) is 6.07 Å². The Morgan fingerprint density at radius 1 is 1.40 bits per heavy atom. The molecule has 1 unspecified atom stereocenters. The molecule has 2 heterocycles. The fraction of sp³-hybridized carbons (Fsp3) is 0.214. The molecule has 0 N–H and O–H groups in total. The Labute approximate surface area is 123 Å². The van der Waals surface area contributed by atoms with Gasteiger partial charge in [-0.05, 0) is 24.4 Å². The second-order valence-electron chi connectivity index (χ2n) is 4.51. The van der Waals surface area contributed by atoms with Gasteiger partial charge in [-0.2, -0.15) is 0 Å². The number of nitrogens with zero attached hydrogens (tertiary/aromatic N) is 2. The van der Waals surface area contributed by atoms with E-state index in [2.05, 4.69) is 4.98 Å². The molecule has 2 nitrogen and oxygen atoms in total. The average Bonchev–Trinajstić information content (AvgIpc) is 2.98. The topological polar surface area (TPSA) is 17.8 Å². The Bertz CT molecular complexity index is 750. The van der Waals surface area contributed by atoms with E-state index < -0.39 is 11.6 Å². The lowest BCUT2D eigenvalue weighted by molar-refractivity contribution is 0.590. The van der Waals surface area contributed by atoms with Gasteiger partial charge in [-0.3, -0.25) is 0 Å². The van der Waals surface area contributed by atoms with Crippen molar-refractivity contribution in [2.24, 2.45) is 0 Å². The summed E-state index contributed by atoms with van der Waals surface area (Å²) in [5.74, 6) is -0.737. The average molecular weight is 313 g/mol. The van der Waals surface area contributed by atoms with Gasteiger partial charge in [-0.15, -0.1) is 22.9 Å². The first-order valence-corrected chi connectivity index (χ1v) is 7.39. The van der Waals surface area contributed by atoms with E-state index in [-0.39, 0.29) is 10.9 Å². The molecule has 6 heteroatoms. The summed E-state index contributed by atoms with van der Waals surface area (Å²) >= 11 is 7.70. The summed E-state index contributed by atoms with van der Waals surface area (Å²) in [6, 6.07) is 6.04. The molecule has 3 aromatic rings. The maximum absolute atomic E-state index is 13.8. The van der Waals surface area contributed by atoms with Crippen LogP contribution in [0.2, 0.25) is 0 Å². The first kappa shape index (κ1) is 13.5. The minimum absolute atomic E-state index is 0.158. The minimum atomic E-state index is -0.663. The molecule has 0 aliphatic heterocycles. The summed E-state index contributed by atoms with van der Waals surface area (Å²) in [4.78, 5) is 5.30. The first-order chi connectivity index (χ1) is 9.56. The normalized spacial score (nSPS) is 13.0. The van der Waals surface area contributed by atoms with Gasteiger partial charge in [0.25, 0.3) is 0 Å². The van der Waals surface area contributed by atoms with Crippen molar-refractivity contribution >= 4 is 34.0 Å². The van der Waals surface area contributed by atoms with Crippen molar-refractivity contribution in [1.82, 2.24) is 9.55 Å². The summed E-state index contributed by atoms with van der Waals surface area (Å²) in [5.41, 5.74) is 0.587. The predicted octanol–water partition coefficient (Wildman–Crippen LogP) is 4.72. The molecule has 1 aromatic carbocycles. The Kier molecular flexibility index (Phi) is 3.48. The van der Waals surface area contributed by atoms with Crippen LogP contribution in [0.3, 0.4) is 0 Å². The molecule has 0 aliphatic rings. The number of fused-ring (bicyclic) bond motifs is 1. The van der Waals surface area contributed by atoms with E-state index in [0.29, 0.717) is 17.9 Å². The third kappa shape index (κ3) is 2.31. The third-order valence-electron chi connectivity index (χ3n) is 3.05. The van der Waals surface area contributed by atoms with Crippen molar-refractivity contribution in [3.05, 3.63) is 52.0 Å². The molecular weight excluding hydrogens is 302 g/mol. The Morgan fingerprint density at radius 2 is 2.20 bits per heavy atom. The van der Waals surface area contributed by atoms with Crippen molar-refractivity contribution in [1.29, 1.82) is 0 Å². The molecule has 1 atom stereocenters. The van der Waals surface area contributed by atoms with Crippen LogP contribution in [-0.2, 0) is 6.54 Å². The molecule has 2 aromatic heterocycles. The quantitative estimate of drug-likeness (QED) is 0.640. The number of thiophene rings is 1. The zero-order chi connectivity index (χ0) is 14.3. The summed E-state index contributed by atoms with van der Waals surface area (Å²) in [7, 11) is 0. The van der Waals surface area contributed by atoms with Crippen LogP contribution in [-0.4, -0.2) is 9.55 Å². The van der Waals surface area contributed by atoms with Crippen LogP contribution in [0.4, 0.5) is 8.78 Å². The molecule has 0 amide bonds. The fourth-order valence-corrected chi connectivity index (χ4v) is 3.05. The van der Waals surface area contributed by atoms with E-state index in [4.69, 9.17) is 11.6 Å². The number of rotatable bonds is 3. The number of imidazole rings is 1. The largest absolute Gasteiger partial charge is 0.321 e. The van der Waals surface area contributed by atoms with E-state index in [9.17, 15) is 8.78 Å². The highest BCUT2D eigenvalue weighted by molar-refractivity contribution is 7.09. The standard InChI is InChI=1S/C14H11ClF2N2S/c1-8(15)14-18-13-11(17)5-9(16)6-12(13)19(14)7-10-3-2-4-20-10/h2-6,8H,7H2,1H3. The van der Waals surface area contributed by atoms with Gasteiger partial charge >= 0.3 is 0 Å². The highest BCUT2D eigenvalue weighted by Gasteiger charge is 2.18. The van der Waals surface area contributed by atoms with Crippen molar-refractivity contribution < 1.29 is 8.78 Å². The smallest absolute Gasteiger partial charge is 0.153 e. The lowest BCUT2D eigenvalue weighted by atomic mass is 10.3. The van der Waals surface area contributed by atoms with Crippen LogP contribution >= 0.6 is 22.9 Å². The Morgan fingerprint density at radius 3 is 2.85 bits per heavy atom. The first-order valence-electron chi connectivity index (χ1n) is 6.08. The minimum Gasteiger partial charge on any atom is -0.321 e. The maximum atomic E-state index is 13.8. The highest BCUT2D eigenvalue weighted by Crippen LogP contribution is 2.28. The Balaban J connectivity index is 2.23. The molecule has 0 fully saturated rings. The molecule has 0 bridgehead atoms. The van der Waals surface area contributed by atoms with Crippen molar-refractivity contribution in [2.45, 2.75) is 18.8 Å². The van der Waals surface area contributed by atoms with Crippen LogP contribution in [0.15, 0.2) is 29.6 Å². The van der Waals surface area contributed by atoms with Gasteiger partial charge in [0.2, 0.25) is 0 Å². The van der Waals surface area contributed by atoms with Gasteiger partial charge in [0, 0.05) is 10.9 Å². The lowest BCUT2D eigenvalue weighted by Gasteiger charge is -2.09. The number of hydrogen-bond donors (Lipinski definition) is 0. The summed E-state index contributed by atoms with van der Waals surface area (Å²) in [6.45, 7) is 2.27. The second-order valence-corrected chi connectivity index (χ2v) is 6.19. The molecule has 0 saturated heterocycles. The van der Waals surface area contributed by atoms with E-state index >= 15 is 0 Å². The number of aromatic nitrogens is 2. The molecule has 0 aliphatic carbocycles. The molecule has 104 valence electrons. The lowest BCUT2D eigenvalue weighted by Crippen LogP contribution is -2.04. The molecule has 0 radical (unpaired) electrons. The maximum Gasteiger partial charge on any atom is 0.153 e. The monoisotopic (exact) mass is 312 g/mol. The predicted molar refractivity (Wildman–Crippen MR) is 77.3 cm³/mol. The van der Waals surface area contributed by atoms with Crippen LogP contribution in [0.1, 0.15) is 23.0 Å². The van der Waals surface area contributed by atoms with Crippen molar-refractivity contribution in [3.8, 4) is 0 Å². The SMILES string of the molecule is CC(Cl)c1nc2c(F)cc(F)cc2n1Cc1cccs1. The van der Waals surface area contributed by atoms with Crippen LogP contribution in [0.25, 0.3) is 11.0 Å². The number of benzene rings is 1. The molecule has 0 spiro atoms. The van der Waals surface area contributed by atoms with Gasteiger partial charge in [-0.25, -0.2) is 13.8 Å². The Hall–Kier alpha value is -1.46. The second kappa shape index (κ2) is 5.14. The van der Waals surface area contributed by atoms with Crippen LogP contribution in [0, 0.1) is 11.6 Å². The summed E-state index contributed by atoms with van der Waals surface area (Å²) in [5, 5.41) is 1.57. The van der Waals surface area contributed by atoms with Crippen molar-refractivity contribution in [2.75, 3.05) is 0 Å². The van der Waals surface area contributed by atoms with E-state index in [1.807, 2.05) is 17.5 Å². The van der Waals surface area contributed by atoms with Crippen LogP contribution < -0.4 is 0 Å². The number of hydrogen-bond acceptors (Lipinski definition) is 2. The molecule has 20 heavy (non-hydrogen) atoms. The van der Waals surface area contributed by atoms with Crippen LogP contribution in [0.5, 0.6) is 0 Å². The number of halogens is 3. The third-order valence-corrected chi connectivity index (χ3v) is 4.11. The molecular formula is C14H11ClF2N2S. The van der Waals surface area contributed by atoms with E-state index in [0.717, 1.165) is 10.9 Å². The van der Waals surface area contributed by atoms with Gasteiger partial charge in [0.15, 0.2) is 5.82 Å². The van der Waals surface area contributed by atoms with Gasteiger partial charge in [-0.1, -0.05) is 6.07 Å². The van der Waals surface area contributed by atoms with Gasteiger partial charge in [0.1, 0.15) is 17.2 Å². The zero-order valence-electron chi connectivity index (χ0n) is 10.6. The number of alkyl halides is 1. The molecule has 0 saturated carbocycles.